The number of hydrogen-bond acceptors (Lipinski definition) is 6. The molecule has 0 aliphatic carbocycles. The SMILES string of the molecule is Cc1cccc(Cl)c1S(=O)(=O)Oc1ccc(CN(CCN(C)C)C(=O)c2cccs2)cc1. The van der Waals surface area contributed by atoms with Gasteiger partial charge in [0.15, 0.2) is 0 Å². The second-order valence-electron chi connectivity index (χ2n) is 7.57. The molecule has 9 heteroatoms. The fourth-order valence-corrected chi connectivity index (χ4v) is 5.51. The van der Waals surface area contributed by atoms with Gasteiger partial charge in [-0.05, 0) is 61.8 Å². The maximum atomic E-state index is 12.9. The van der Waals surface area contributed by atoms with Gasteiger partial charge in [-0.3, -0.25) is 4.79 Å². The fourth-order valence-electron chi connectivity index (χ4n) is 3.10. The molecular formula is C23H25ClN2O4S2. The van der Waals surface area contributed by atoms with Crippen LogP contribution in [-0.4, -0.2) is 51.3 Å². The van der Waals surface area contributed by atoms with Crippen LogP contribution in [0, 0.1) is 6.92 Å². The highest BCUT2D eigenvalue weighted by Gasteiger charge is 2.23. The van der Waals surface area contributed by atoms with Crippen molar-refractivity contribution >= 4 is 39.0 Å². The van der Waals surface area contributed by atoms with Gasteiger partial charge >= 0.3 is 10.1 Å². The van der Waals surface area contributed by atoms with E-state index in [2.05, 4.69) is 0 Å². The van der Waals surface area contributed by atoms with Gasteiger partial charge in [0.1, 0.15) is 10.6 Å². The van der Waals surface area contributed by atoms with Crippen molar-refractivity contribution in [2.24, 2.45) is 0 Å². The molecule has 3 aromatic rings. The summed E-state index contributed by atoms with van der Waals surface area (Å²) in [6, 6.07) is 15.2. The molecular weight excluding hydrogens is 468 g/mol. The lowest BCUT2D eigenvalue weighted by Crippen LogP contribution is -2.35. The van der Waals surface area contributed by atoms with Crippen molar-refractivity contribution in [3.63, 3.8) is 0 Å². The van der Waals surface area contributed by atoms with E-state index >= 15 is 0 Å². The van der Waals surface area contributed by atoms with Gasteiger partial charge in [-0.1, -0.05) is 41.9 Å². The number of nitrogens with zero attached hydrogens (tertiary/aromatic N) is 2. The second-order valence-corrected chi connectivity index (χ2v) is 10.4. The maximum Gasteiger partial charge on any atom is 0.340 e. The summed E-state index contributed by atoms with van der Waals surface area (Å²) in [5.74, 6) is 0.149. The maximum absolute atomic E-state index is 12.9. The summed E-state index contributed by atoms with van der Waals surface area (Å²) in [4.78, 5) is 17.3. The Bertz CT molecular complexity index is 1140. The average Bonchev–Trinajstić information content (AvgIpc) is 3.26. The Hall–Kier alpha value is -2.39. The quantitative estimate of drug-likeness (QED) is 0.406. The van der Waals surface area contributed by atoms with Crippen LogP contribution >= 0.6 is 22.9 Å². The van der Waals surface area contributed by atoms with E-state index in [4.69, 9.17) is 15.8 Å². The number of carbonyl (C=O) groups is 1. The van der Waals surface area contributed by atoms with Crippen molar-refractivity contribution in [1.82, 2.24) is 9.80 Å². The van der Waals surface area contributed by atoms with E-state index in [1.807, 2.05) is 36.5 Å². The van der Waals surface area contributed by atoms with Crippen LogP contribution in [0.5, 0.6) is 5.75 Å². The predicted molar refractivity (Wildman–Crippen MR) is 128 cm³/mol. The molecule has 0 unspecified atom stereocenters. The molecule has 0 aliphatic heterocycles. The molecule has 2 aromatic carbocycles. The predicted octanol–water partition coefficient (Wildman–Crippen LogP) is 4.68. The molecule has 0 spiro atoms. The highest BCUT2D eigenvalue weighted by atomic mass is 35.5. The lowest BCUT2D eigenvalue weighted by Gasteiger charge is -2.24. The molecule has 0 bridgehead atoms. The molecule has 0 radical (unpaired) electrons. The van der Waals surface area contributed by atoms with E-state index in [1.165, 1.54) is 17.4 Å². The van der Waals surface area contributed by atoms with E-state index in [0.717, 1.165) is 12.1 Å². The molecule has 1 amide bonds. The van der Waals surface area contributed by atoms with Crippen LogP contribution in [0.3, 0.4) is 0 Å². The van der Waals surface area contributed by atoms with Crippen molar-refractivity contribution in [2.75, 3.05) is 27.2 Å². The number of carbonyl (C=O) groups excluding carboxylic acids is 1. The van der Waals surface area contributed by atoms with E-state index in [9.17, 15) is 13.2 Å². The summed E-state index contributed by atoms with van der Waals surface area (Å²) >= 11 is 7.50. The van der Waals surface area contributed by atoms with Crippen LogP contribution in [-0.2, 0) is 16.7 Å². The van der Waals surface area contributed by atoms with E-state index in [0.29, 0.717) is 23.5 Å². The van der Waals surface area contributed by atoms with Crippen molar-refractivity contribution in [3.8, 4) is 5.75 Å². The Kier molecular flexibility index (Phi) is 7.95. The third-order valence-electron chi connectivity index (χ3n) is 4.75. The fraction of sp³-hybridized carbons (Fsp3) is 0.261. The molecule has 0 saturated heterocycles. The topological polar surface area (TPSA) is 66.9 Å². The normalized spacial score (nSPS) is 11.5. The third kappa shape index (κ3) is 6.10. The minimum absolute atomic E-state index is 0.0288. The number of thiophene rings is 1. The molecule has 0 atom stereocenters. The number of likely N-dealkylation sites (N-methyl/N-ethyl adjacent to an activating group) is 1. The molecule has 1 heterocycles. The standard InChI is InChI=1S/C23H25ClN2O4S2/c1-17-6-4-7-20(24)22(17)32(28,29)30-19-11-9-18(10-12-19)16-26(14-13-25(2)3)23(27)21-8-5-15-31-21/h4-12,15H,13-14,16H2,1-3H3. The number of amides is 1. The molecule has 3 rings (SSSR count). The van der Waals surface area contributed by atoms with Crippen LogP contribution in [0.15, 0.2) is 64.9 Å². The third-order valence-corrected chi connectivity index (χ3v) is 7.49. The number of rotatable bonds is 9. The van der Waals surface area contributed by atoms with Gasteiger partial charge in [-0.25, -0.2) is 0 Å². The molecule has 0 fully saturated rings. The van der Waals surface area contributed by atoms with Crippen LogP contribution in [0.2, 0.25) is 5.02 Å². The zero-order chi connectivity index (χ0) is 23.3. The van der Waals surface area contributed by atoms with Crippen molar-refractivity contribution in [1.29, 1.82) is 0 Å². The summed E-state index contributed by atoms with van der Waals surface area (Å²) < 4.78 is 30.7. The van der Waals surface area contributed by atoms with Gasteiger partial charge in [-0.2, -0.15) is 8.42 Å². The largest absolute Gasteiger partial charge is 0.379 e. The van der Waals surface area contributed by atoms with Crippen LogP contribution in [0.25, 0.3) is 0 Å². The van der Waals surface area contributed by atoms with E-state index in [-0.39, 0.29) is 21.6 Å². The second kappa shape index (κ2) is 10.5. The molecule has 32 heavy (non-hydrogen) atoms. The summed E-state index contributed by atoms with van der Waals surface area (Å²) in [5, 5.41) is 2.00. The summed E-state index contributed by atoms with van der Waals surface area (Å²) in [5.41, 5.74) is 1.38. The van der Waals surface area contributed by atoms with Crippen LogP contribution in [0.4, 0.5) is 0 Å². The Balaban J connectivity index is 1.75. The molecule has 0 N–H and O–H groups in total. The van der Waals surface area contributed by atoms with Crippen molar-refractivity contribution < 1.29 is 17.4 Å². The van der Waals surface area contributed by atoms with Crippen molar-refractivity contribution in [2.45, 2.75) is 18.4 Å². The average molecular weight is 493 g/mol. The Labute approximate surface area is 198 Å². The smallest absolute Gasteiger partial charge is 0.340 e. The van der Waals surface area contributed by atoms with Gasteiger partial charge in [0.05, 0.1) is 9.90 Å². The first kappa shape index (κ1) is 24.3. The molecule has 170 valence electrons. The van der Waals surface area contributed by atoms with Crippen LogP contribution < -0.4 is 4.18 Å². The monoisotopic (exact) mass is 492 g/mol. The molecule has 0 saturated carbocycles. The summed E-state index contributed by atoms with van der Waals surface area (Å²) in [7, 11) is -0.154. The summed E-state index contributed by atoms with van der Waals surface area (Å²) in [6.45, 7) is 3.37. The lowest BCUT2D eigenvalue weighted by atomic mass is 10.2. The highest BCUT2D eigenvalue weighted by Crippen LogP contribution is 2.28. The van der Waals surface area contributed by atoms with Crippen molar-refractivity contribution in [3.05, 3.63) is 81.0 Å². The first-order valence-electron chi connectivity index (χ1n) is 9.93. The van der Waals surface area contributed by atoms with E-state index in [1.54, 1.807) is 48.2 Å². The first-order chi connectivity index (χ1) is 15.2. The first-order valence-corrected chi connectivity index (χ1v) is 12.6. The lowest BCUT2D eigenvalue weighted by molar-refractivity contribution is 0.0737. The van der Waals surface area contributed by atoms with Gasteiger partial charge in [0.25, 0.3) is 5.91 Å². The van der Waals surface area contributed by atoms with Gasteiger partial charge in [-0.15, -0.1) is 11.3 Å². The number of aryl methyl sites for hydroxylation is 1. The number of benzene rings is 2. The van der Waals surface area contributed by atoms with E-state index < -0.39 is 10.1 Å². The Morgan fingerprint density at radius 1 is 1.03 bits per heavy atom. The zero-order valence-corrected chi connectivity index (χ0v) is 20.5. The number of hydrogen-bond donors (Lipinski definition) is 0. The Morgan fingerprint density at radius 2 is 1.75 bits per heavy atom. The van der Waals surface area contributed by atoms with Gasteiger partial charge < -0.3 is 14.0 Å². The Morgan fingerprint density at radius 3 is 2.34 bits per heavy atom. The minimum atomic E-state index is -4.07. The number of halogens is 1. The molecule has 6 nitrogen and oxygen atoms in total. The van der Waals surface area contributed by atoms with Crippen LogP contribution in [0.1, 0.15) is 20.8 Å². The van der Waals surface area contributed by atoms with Gasteiger partial charge in [0.2, 0.25) is 0 Å². The molecule has 1 aromatic heterocycles. The summed E-state index contributed by atoms with van der Waals surface area (Å²) in [6.07, 6.45) is 0. The van der Waals surface area contributed by atoms with Gasteiger partial charge in [0, 0.05) is 19.6 Å². The highest BCUT2D eigenvalue weighted by molar-refractivity contribution is 7.87. The minimum Gasteiger partial charge on any atom is -0.379 e. The molecule has 0 aliphatic rings. The zero-order valence-electron chi connectivity index (χ0n) is 18.1.